The van der Waals surface area contributed by atoms with E-state index in [1.54, 1.807) is 6.21 Å². The fourth-order valence-corrected chi connectivity index (χ4v) is 6.54. The molecule has 1 heterocycles. The number of unbranched alkanes of at least 4 members (excludes halogenated alkanes) is 1. The number of nitrogens with one attached hydrogen (secondary N) is 1. The van der Waals surface area contributed by atoms with E-state index in [0.717, 1.165) is 67.8 Å². The Labute approximate surface area is 272 Å². The van der Waals surface area contributed by atoms with Crippen LogP contribution in [0.3, 0.4) is 0 Å². The summed E-state index contributed by atoms with van der Waals surface area (Å²) in [6.07, 6.45) is 10.3. The Morgan fingerprint density at radius 1 is 1.16 bits per heavy atom. The van der Waals surface area contributed by atoms with E-state index < -0.39 is 0 Å². The zero-order valence-electron chi connectivity index (χ0n) is 28.7. The van der Waals surface area contributed by atoms with Crippen LogP contribution in [0.2, 0.25) is 0 Å². The van der Waals surface area contributed by atoms with Gasteiger partial charge in [-0.3, -0.25) is 4.79 Å². The molecule has 1 saturated carbocycles. The summed E-state index contributed by atoms with van der Waals surface area (Å²) in [6, 6.07) is 14.2. The van der Waals surface area contributed by atoms with Crippen LogP contribution in [0.25, 0.3) is 11.1 Å². The molecule has 0 aromatic heterocycles. The number of nitrogens with two attached hydrogens (primary N) is 1. The molecule has 1 atom stereocenters. The standard InChI is InChI=1S/C38H56N6O/c1-8-10-16-36(45)44(32-14-12-11-13-15-32)26-30-18-17-28(5)33(23-30)31-19-20-35(43-22-21-42(7)29(6)25-43)34(24-31)41-38(40-9-2)37(39)27(3)4/h9,17-20,23-24,29,32,41H,3,8,10-16,21-22,25-26,39H2,1-2,4-7H3/b38-37-,40-9?. The number of allylic oxidation sites excluding steroid dienone is 1. The smallest absolute Gasteiger partial charge is 0.223 e. The average Bonchev–Trinajstić information content (AvgIpc) is 3.04. The van der Waals surface area contributed by atoms with E-state index in [0.29, 0.717) is 42.5 Å². The molecular formula is C38H56N6O. The van der Waals surface area contributed by atoms with Crippen molar-refractivity contribution in [3.63, 3.8) is 0 Å². The van der Waals surface area contributed by atoms with E-state index in [2.05, 4.69) is 95.8 Å². The van der Waals surface area contributed by atoms with Crippen molar-refractivity contribution in [3.8, 4) is 11.1 Å². The van der Waals surface area contributed by atoms with Crippen LogP contribution in [-0.2, 0) is 11.3 Å². The van der Waals surface area contributed by atoms with E-state index >= 15 is 0 Å². The highest BCUT2D eigenvalue weighted by molar-refractivity contribution is 5.81. The molecule has 0 bridgehead atoms. The third kappa shape index (κ3) is 8.78. The van der Waals surface area contributed by atoms with E-state index in [-0.39, 0.29) is 0 Å². The number of aliphatic imine (C=N–C) groups is 1. The van der Waals surface area contributed by atoms with Gasteiger partial charge in [0.05, 0.1) is 17.1 Å². The zero-order chi connectivity index (χ0) is 32.5. The Hall–Kier alpha value is -3.58. The second-order valence-electron chi connectivity index (χ2n) is 13.1. The average molecular weight is 613 g/mol. The summed E-state index contributed by atoms with van der Waals surface area (Å²) in [4.78, 5) is 25.1. The number of piperazine rings is 1. The minimum absolute atomic E-state index is 0.300. The molecule has 0 spiro atoms. The number of carbonyl (C=O) groups excluding carboxylic acids is 1. The summed E-state index contributed by atoms with van der Waals surface area (Å²) in [5.74, 6) is 0.902. The van der Waals surface area contributed by atoms with E-state index in [1.165, 1.54) is 36.0 Å². The molecule has 1 aliphatic carbocycles. The Morgan fingerprint density at radius 2 is 1.91 bits per heavy atom. The van der Waals surface area contributed by atoms with Gasteiger partial charge in [-0.1, -0.05) is 57.4 Å². The van der Waals surface area contributed by atoms with Crippen LogP contribution in [0.4, 0.5) is 11.4 Å². The highest BCUT2D eigenvalue weighted by Gasteiger charge is 2.26. The van der Waals surface area contributed by atoms with E-state index in [4.69, 9.17) is 5.73 Å². The second kappa shape index (κ2) is 16.1. The van der Waals surface area contributed by atoms with Gasteiger partial charge < -0.3 is 25.8 Å². The fraction of sp³-hybridized carbons (Fsp3) is 0.526. The maximum absolute atomic E-state index is 13.4. The van der Waals surface area contributed by atoms with Gasteiger partial charge in [0.25, 0.3) is 0 Å². The minimum Gasteiger partial charge on any atom is -0.396 e. The van der Waals surface area contributed by atoms with Crippen molar-refractivity contribution >= 4 is 23.5 Å². The van der Waals surface area contributed by atoms with Gasteiger partial charge in [-0.2, -0.15) is 0 Å². The number of nitrogens with zero attached hydrogens (tertiary/aromatic N) is 4. The molecule has 2 aromatic carbocycles. The molecule has 3 N–H and O–H groups in total. The molecule has 2 fully saturated rings. The first kappa shape index (κ1) is 34.3. The second-order valence-corrected chi connectivity index (χ2v) is 13.1. The van der Waals surface area contributed by atoms with Crippen molar-refractivity contribution < 1.29 is 4.79 Å². The molecule has 1 amide bonds. The van der Waals surface area contributed by atoms with Gasteiger partial charge in [0, 0.05) is 50.9 Å². The summed E-state index contributed by atoms with van der Waals surface area (Å²) in [6.45, 7) is 18.0. The molecule has 45 heavy (non-hydrogen) atoms. The van der Waals surface area contributed by atoms with Gasteiger partial charge in [0.2, 0.25) is 5.91 Å². The molecule has 4 rings (SSSR count). The predicted molar refractivity (Wildman–Crippen MR) is 192 cm³/mol. The van der Waals surface area contributed by atoms with Crippen molar-refractivity contribution in [2.45, 2.75) is 105 Å². The molecule has 7 nitrogen and oxygen atoms in total. The molecule has 0 radical (unpaired) electrons. The number of likely N-dealkylation sites (N-methyl/N-ethyl adjacent to an activating group) is 1. The largest absolute Gasteiger partial charge is 0.396 e. The molecule has 1 unspecified atom stereocenters. The first-order valence-corrected chi connectivity index (χ1v) is 17.0. The molecule has 1 aliphatic heterocycles. The van der Waals surface area contributed by atoms with Crippen LogP contribution in [0.15, 0.2) is 65.1 Å². The van der Waals surface area contributed by atoms with Crippen LogP contribution >= 0.6 is 0 Å². The first-order valence-electron chi connectivity index (χ1n) is 17.0. The van der Waals surface area contributed by atoms with Crippen LogP contribution in [-0.4, -0.2) is 60.7 Å². The Morgan fingerprint density at radius 3 is 2.58 bits per heavy atom. The van der Waals surface area contributed by atoms with Crippen LogP contribution in [0.1, 0.15) is 90.2 Å². The Bertz CT molecular complexity index is 1390. The third-order valence-electron chi connectivity index (χ3n) is 9.57. The first-order chi connectivity index (χ1) is 21.6. The SMILES string of the molecule is C=C(C)/C(N)=C(\N=CC)Nc1cc(-c2cc(CN(C(=O)CCCC)C3CCCCC3)ccc2C)ccc1N1CCN(C)C(C)C1. The fourth-order valence-electron chi connectivity index (χ4n) is 6.54. The number of benzene rings is 2. The van der Waals surface area contributed by atoms with Crippen LogP contribution in [0.5, 0.6) is 0 Å². The lowest BCUT2D eigenvalue weighted by molar-refractivity contribution is -0.135. The predicted octanol–water partition coefficient (Wildman–Crippen LogP) is 7.86. The van der Waals surface area contributed by atoms with Gasteiger partial charge in [0.15, 0.2) is 5.82 Å². The summed E-state index contributed by atoms with van der Waals surface area (Å²) >= 11 is 0. The van der Waals surface area contributed by atoms with Gasteiger partial charge in [-0.15, -0.1) is 0 Å². The molecule has 1 saturated heterocycles. The lowest BCUT2D eigenvalue weighted by atomic mass is 9.92. The van der Waals surface area contributed by atoms with Crippen molar-refractivity contribution in [1.29, 1.82) is 0 Å². The number of anilines is 2. The molecular weight excluding hydrogens is 556 g/mol. The van der Waals surface area contributed by atoms with Gasteiger partial charge in [-0.25, -0.2) is 4.99 Å². The molecule has 7 heteroatoms. The van der Waals surface area contributed by atoms with Gasteiger partial charge in [0.1, 0.15) is 0 Å². The normalized spacial score (nSPS) is 18.6. The van der Waals surface area contributed by atoms with E-state index in [9.17, 15) is 4.79 Å². The number of rotatable bonds is 12. The quantitative estimate of drug-likeness (QED) is 0.189. The Balaban J connectivity index is 1.73. The van der Waals surface area contributed by atoms with Crippen molar-refractivity contribution in [2.75, 3.05) is 36.9 Å². The van der Waals surface area contributed by atoms with Crippen LogP contribution < -0.4 is 16.0 Å². The maximum atomic E-state index is 13.4. The maximum Gasteiger partial charge on any atom is 0.223 e. The van der Waals surface area contributed by atoms with Crippen molar-refractivity contribution in [1.82, 2.24) is 9.80 Å². The molecule has 244 valence electrons. The minimum atomic E-state index is 0.300. The van der Waals surface area contributed by atoms with Gasteiger partial charge >= 0.3 is 0 Å². The molecule has 2 aliphatic rings. The highest BCUT2D eigenvalue weighted by atomic mass is 16.2. The lowest BCUT2D eigenvalue weighted by Crippen LogP contribution is -2.50. The van der Waals surface area contributed by atoms with Crippen molar-refractivity contribution in [2.24, 2.45) is 10.7 Å². The zero-order valence-corrected chi connectivity index (χ0v) is 28.7. The number of amides is 1. The third-order valence-corrected chi connectivity index (χ3v) is 9.57. The van der Waals surface area contributed by atoms with E-state index in [1.807, 2.05) is 13.8 Å². The Kier molecular flexibility index (Phi) is 12.3. The van der Waals surface area contributed by atoms with Crippen LogP contribution in [0, 0.1) is 6.92 Å². The summed E-state index contributed by atoms with van der Waals surface area (Å²) in [7, 11) is 2.19. The topological polar surface area (TPSA) is 77.2 Å². The summed E-state index contributed by atoms with van der Waals surface area (Å²) < 4.78 is 0. The van der Waals surface area contributed by atoms with Gasteiger partial charge in [-0.05, 0) is 100 Å². The monoisotopic (exact) mass is 612 g/mol. The lowest BCUT2D eigenvalue weighted by Gasteiger charge is -2.40. The summed E-state index contributed by atoms with van der Waals surface area (Å²) in [5.41, 5.74) is 14.6. The highest BCUT2D eigenvalue weighted by Crippen LogP contribution is 2.36. The number of aryl methyl sites for hydroxylation is 1. The number of hydrogen-bond acceptors (Lipinski definition) is 6. The summed E-state index contributed by atoms with van der Waals surface area (Å²) in [5, 5.41) is 3.59. The molecule has 2 aromatic rings. The number of hydrogen-bond donors (Lipinski definition) is 2. The number of carbonyl (C=O) groups is 1. The van der Waals surface area contributed by atoms with Crippen molar-refractivity contribution in [3.05, 3.63) is 71.2 Å².